The third-order valence-electron chi connectivity index (χ3n) is 15.7. The fourth-order valence-electron chi connectivity index (χ4n) is 13.3. The number of esters is 1. The molecule has 1 spiro atoms. The van der Waals surface area contributed by atoms with Crippen LogP contribution in [0, 0.1) is 11.3 Å². The van der Waals surface area contributed by atoms with Gasteiger partial charge in [-0.15, -0.1) is 0 Å². The quantitative estimate of drug-likeness (QED) is 0.0564. The van der Waals surface area contributed by atoms with Crippen molar-refractivity contribution in [3.8, 4) is 5.75 Å². The number of carbonyl (C=O) groups is 3. The van der Waals surface area contributed by atoms with Crippen molar-refractivity contribution >= 4 is 56.1 Å². The second-order valence-corrected chi connectivity index (χ2v) is 21.2. The maximum absolute atomic E-state index is 15.3. The molecular formula is C46H60N6O9S2. The number of piperidine rings is 1. The lowest BCUT2D eigenvalue weighted by atomic mass is 9.47. The van der Waals surface area contributed by atoms with Gasteiger partial charge in [-0.1, -0.05) is 65.8 Å². The van der Waals surface area contributed by atoms with Crippen LogP contribution < -0.4 is 20.5 Å². The molecule has 2 amide bonds. The summed E-state index contributed by atoms with van der Waals surface area (Å²) in [6.07, 6.45) is 5.69. The zero-order valence-corrected chi connectivity index (χ0v) is 38.5. The monoisotopic (exact) mass is 904 g/mol. The van der Waals surface area contributed by atoms with Gasteiger partial charge in [0.25, 0.3) is 5.91 Å². The van der Waals surface area contributed by atoms with Gasteiger partial charge in [0.15, 0.2) is 5.60 Å². The zero-order chi connectivity index (χ0) is 44.7. The van der Waals surface area contributed by atoms with E-state index in [1.54, 1.807) is 17.9 Å². The van der Waals surface area contributed by atoms with Gasteiger partial charge in [-0.3, -0.25) is 24.8 Å². The second-order valence-electron chi connectivity index (χ2n) is 18.5. The lowest BCUT2D eigenvalue weighted by Gasteiger charge is -2.63. The fourth-order valence-corrected chi connectivity index (χ4v) is 14.4. The van der Waals surface area contributed by atoms with E-state index in [2.05, 4.69) is 37.8 Å². The number of hydrogen-bond acceptors (Lipinski definition) is 14. The summed E-state index contributed by atoms with van der Waals surface area (Å²) >= 11 is 0. The third kappa shape index (κ3) is 6.30. The topological polar surface area (TPSA) is 189 Å². The molecule has 2 bridgehead atoms. The first-order valence-corrected chi connectivity index (χ1v) is 24.8. The van der Waals surface area contributed by atoms with Crippen LogP contribution in [-0.4, -0.2) is 144 Å². The average Bonchev–Trinajstić information content (AvgIpc) is 3.93. The Labute approximate surface area is 376 Å². The van der Waals surface area contributed by atoms with E-state index in [-0.39, 0.29) is 18.6 Å². The SMILES string of the molecule is CC[C@]1(O)C[C@H]2CN(Cc3c([nH]c4ccccc34)[C@@](C(=O)OC)(c3cc4c(cc3OC)N(C)[C@H]3[C@@](O)(C(=O)NNC(=O)OCCSSC)[C@H](O)[C@]5(CC)C=CCN6CC[C@]43[C@@H]65)C2)C1. The normalized spacial score (nSPS) is 35.1. The van der Waals surface area contributed by atoms with E-state index in [9.17, 15) is 24.9 Å². The number of nitrogens with zero attached hydrogens (tertiary/aromatic N) is 3. The van der Waals surface area contributed by atoms with Gasteiger partial charge in [-0.2, -0.15) is 0 Å². The number of methoxy groups -OCH3 is 2. The van der Waals surface area contributed by atoms with E-state index in [0.717, 1.165) is 22.0 Å². The Bertz CT molecular complexity index is 2350. The van der Waals surface area contributed by atoms with Crippen LogP contribution in [0.3, 0.4) is 0 Å². The first-order valence-electron chi connectivity index (χ1n) is 22.0. The van der Waals surface area contributed by atoms with E-state index in [1.807, 2.05) is 68.5 Å². The molecule has 3 aromatic rings. The maximum atomic E-state index is 15.3. The van der Waals surface area contributed by atoms with Crippen LogP contribution in [0.5, 0.6) is 5.75 Å². The van der Waals surface area contributed by atoms with Gasteiger partial charge in [0, 0.05) is 89.8 Å². The lowest BCUT2D eigenvalue weighted by Crippen LogP contribution is -2.82. The fraction of sp³-hybridized carbons (Fsp3) is 0.587. The second kappa shape index (κ2) is 16.2. The van der Waals surface area contributed by atoms with Crippen molar-refractivity contribution < 1.29 is 43.9 Å². The summed E-state index contributed by atoms with van der Waals surface area (Å²) in [6, 6.07) is 10.6. The summed E-state index contributed by atoms with van der Waals surface area (Å²) < 4.78 is 17.5. The number of aromatic nitrogens is 1. The van der Waals surface area contributed by atoms with Crippen LogP contribution in [0.4, 0.5) is 10.5 Å². The van der Waals surface area contributed by atoms with Crippen molar-refractivity contribution in [1.29, 1.82) is 0 Å². The molecule has 9 rings (SSSR count). The van der Waals surface area contributed by atoms with Gasteiger partial charge < -0.3 is 39.4 Å². The Hall–Kier alpha value is -3.97. The van der Waals surface area contributed by atoms with Crippen molar-refractivity contribution in [3.63, 3.8) is 0 Å². The summed E-state index contributed by atoms with van der Waals surface area (Å²) in [5, 5.41) is 39.0. The van der Waals surface area contributed by atoms with E-state index in [0.29, 0.717) is 93.3 Å². The molecule has 1 aliphatic carbocycles. The lowest BCUT2D eigenvalue weighted by molar-refractivity contribution is -0.204. The number of anilines is 1. The first-order chi connectivity index (χ1) is 30.2. The van der Waals surface area contributed by atoms with Gasteiger partial charge in [0.2, 0.25) is 0 Å². The van der Waals surface area contributed by atoms with E-state index < -0.39 is 57.6 Å². The minimum absolute atomic E-state index is 0.112. The van der Waals surface area contributed by atoms with Gasteiger partial charge >= 0.3 is 12.1 Å². The molecule has 1 saturated carbocycles. The number of hydrogen-bond donors (Lipinski definition) is 6. The Morgan fingerprint density at radius 3 is 2.56 bits per heavy atom. The van der Waals surface area contributed by atoms with Crippen LogP contribution in [-0.2, 0) is 36.4 Å². The number of aromatic amines is 1. The molecule has 63 heavy (non-hydrogen) atoms. The maximum Gasteiger partial charge on any atom is 0.426 e. The number of para-hydroxylation sites is 1. The average molecular weight is 905 g/mol. The largest absolute Gasteiger partial charge is 0.496 e. The Kier molecular flexibility index (Phi) is 11.4. The summed E-state index contributed by atoms with van der Waals surface area (Å²) in [6.45, 7) is 7.00. The van der Waals surface area contributed by atoms with Crippen molar-refractivity contribution in [2.24, 2.45) is 11.3 Å². The predicted molar refractivity (Wildman–Crippen MR) is 243 cm³/mol. The predicted octanol–water partition coefficient (Wildman–Crippen LogP) is 3.97. The molecule has 6 heterocycles. The van der Waals surface area contributed by atoms with Crippen molar-refractivity contribution in [1.82, 2.24) is 25.6 Å². The highest BCUT2D eigenvalue weighted by atomic mass is 33.1. The van der Waals surface area contributed by atoms with E-state index in [4.69, 9.17) is 14.2 Å². The number of amides is 2. The molecule has 2 aromatic carbocycles. The molecule has 5 aliphatic heterocycles. The van der Waals surface area contributed by atoms with Crippen LogP contribution in [0.15, 0.2) is 48.6 Å². The number of nitrogens with one attached hydrogen (secondary N) is 3. The highest BCUT2D eigenvalue weighted by Crippen LogP contribution is 2.67. The number of rotatable bonds is 10. The third-order valence-corrected chi connectivity index (χ3v) is 17.5. The van der Waals surface area contributed by atoms with Crippen molar-refractivity contribution in [2.45, 2.75) is 92.7 Å². The molecule has 3 fully saturated rings. The number of carbonyl (C=O) groups excluding carboxylic acids is 3. The summed E-state index contributed by atoms with van der Waals surface area (Å²) in [7, 11) is 7.88. The van der Waals surface area contributed by atoms with Gasteiger partial charge in [-0.05, 0) is 74.1 Å². The van der Waals surface area contributed by atoms with Crippen LogP contribution in [0.1, 0.15) is 68.3 Å². The standard InChI is InChI=1S/C46H60N6O9S2/c1-7-42(57)22-27-23-45(40(55)60-5,35-29(25-51(24-27)26-42)28-12-9-10-13-32(28)47-35)31-20-30-33(21-34(31)59-4)50(3)37-44(30)15-17-52-16-11-14-43(8-2,36(44)52)38(53)46(37,58)39(54)48-49-41(56)61-18-19-63-62-6/h9-14,20-21,27,36-38,47,53,57-58H,7-8,15-19,22-26H2,1-6H3,(H,48,54)(H,49,56)/t27-,36+,37-,38-,42+,43-,44-,45+,46+/m1/s1. The molecule has 17 heteroatoms. The molecule has 0 radical (unpaired) electrons. The van der Waals surface area contributed by atoms with E-state index in [1.165, 1.54) is 17.9 Å². The Balaban J connectivity index is 1.26. The Morgan fingerprint density at radius 1 is 1.03 bits per heavy atom. The number of H-pyrrole nitrogens is 1. The molecule has 340 valence electrons. The molecule has 10 atom stereocenters. The molecule has 1 unspecified atom stereocenters. The molecule has 6 N–H and O–H groups in total. The molecular weight excluding hydrogens is 845 g/mol. The van der Waals surface area contributed by atoms with Crippen LogP contribution in [0.25, 0.3) is 10.9 Å². The highest BCUT2D eigenvalue weighted by molar-refractivity contribution is 8.76. The first kappa shape index (κ1) is 44.2. The number of benzene rings is 2. The summed E-state index contributed by atoms with van der Waals surface area (Å²) in [4.78, 5) is 53.1. The minimum atomic E-state index is -2.48. The number of ether oxygens (including phenoxy) is 3. The summed E-state index contributed by atoms with van der Waals surface area (Å²) in [5.74, 6) is -0.586. The highest BCUT2D eigenvalue weighted by Gasteiger charge is 2.79. The molecule has 6 aliphatic rings. The van der Waals surface area contributed by atoms with Crippen LogP contribution in [0.2, 0.25) is 0 Å². The molecule has 1 aromatic heterocycles. The number of fused-ring (bicyclic) bond motifs is 6. The number of aliphatic hydroxyl groups excluding tert-OH is 1. The Morgan fingerprint density at radius 2 is 1.83 bits per heavy atom. The molecule has 15 nitrogen and oxygen atoms in total. The number of likely N-dealkylation sites (N-methyl/N-ethyl adjacent to an activating group) is 1. The zero-order valence-electron chi connectivity index (χ0n) is 36.9. The van der Waals surface area contributed by atoms with Crippen molar-refractivity contribution in [2.75, 3.05) is 71.0 Å². The number of aliphatic hydroxyl groups is 3. The minimum Gasteiger partial charge on any atom is -0.496 e. The molecule has 2 saturated heterocycles. The van der Waals surface area contributed by atoms with Gasteiger partial charge in [0.1, 0.15) is 23.9 Å². The van der Waals surface area contributed by atoms with E-state index >= 15 is 4.79 Å². The smallest absolute Gasteiger partial charge is 0.426 e. The summed E-state index contributed by atoms with van der Waals surface area (Å²) in [5.41, 5.74) is 2.41. The van der Waals surface area contributed by atoms with Gasteiger partial charge in [0.05, 0.1) is 25.9 Å². The van der Waals surface area contributed by atoms with Crippen molar-refractivity contribution in [3.05, 3.63) is 70.9 Å². The van der Waals surface area contributed by atoms with Gasteiger partial charge in [-0.25, -0.2) is 10.2 Å². The van der Waals surface area contributed by atoms with Crippen LogP contribution >= 0.6 is 21.6 Å². The number of hydrazine groups is 1.